The van der Waals surface area contributed by atoms with Crippen LogP contribution in [0.4, 0.5) is 0 Å². The molecule has 0 bridgehead atoms. The van der Waals surface area contributed by atoms with E-state index in [0.717, 1.165) is 0 Å². The maximum absolute atomic E-state index is 2.39. The van der Waals surface area contributed by atoms with E-state index in [4.69, 9.17) is 0 Å². The van der Waals surface area contributed by atoms with Crippen molar-refractivity contribution in [2.45, 2.75) is 157 Å². The second-order valence-corrected chi connectivity index (χ2v) is 12.6. The SMILES string of the molecule is CCCC[B-](CCCC)(CCCC)c1ccccc1.CCCC[B-](CCCC)(CCCC)c1ccccc1.[Mg+2]. The van der Waals surface area contributed by atoms with Gasteiger partial charge in [-0.3, -0.25) is 0 Å². The van der Waals surface area contributed by atoms with E-state index in [0.29, 0.717) is 0 Å². The van der Waals surface area contributed by atoms with E-state index in [9.17, 15) is 0 Å². The maximum atomic E-state index is 2.39. The monoisotopic (exact) mass is 543 g/mol. The minimum atomic E-state index is -0.309. The van der Waals surface area contributed by atoms with Crippen molar-refractivity contribution in [2.75, 3.05) is 0 Å². The molecule has 0 unspecified atom stereocenters. The molecule has 0 heterocycles. The van der Waals surface area contributed by atoms with Crippen LogP contribution < -0.4 is 10.9 Å². The van der Waals surface area contributed by atoms with Crippen LogP contribution in [-0.2, 0) is 0 Å². The first-order chi connectivity index (χ1) is 18.6. The Hall–Kier alpha value is -0.664. The van der Waals surface area contributed by atoms with Crippen LogP contribution in [0.1, 0.15) is 119 Å². The number of benzene rings is 2. The normalized spacial score (nSPS) is 11.4. The third-order valence-electron chi connectivity index (χ3n) is 9.67. The Morgan fingerprint density at radius 2 is 0.564 bits per heavy atom. The van der Waals surface area contributed by atoms with E-state index < -0.39 is 0 Å². The molecule has 2 rings (SSSR count). The van der Waals surface area contributed by atoms with Crippen molar-refractivity contribution in [1.82, 2.24) is 0 Å². The third-order valence-corrected chi connectivity index (χ3v) is 9.67. The van der Waals surface area contributed by atoms with Crippen LogP contribution in [0.15, 0.2) is 60.7 Å². The van der Waals surface area contributed by atoms with Crippen LogP contribution in [0.3, 0.4) is 0 Å². The second-order valence-electron chi connectivity index (χ2n) is 12.6. The zero-order chi connectivity index (χ0) is 28.0. The van der Waals surface area contributed by atoms with Crippen LogP contribution in [0.5, 0.6) is 0 Å². The van der Waals surface area contributed by atoms with Crippen LogP contribution in [0.2, 0.25) is 37.9 Å². The van der Waals surface area contributed by atoms with Gasteiger partial charge in [0.1, 0.15) is 0 Å². The van der Waals surface area contributed by atoms with E-state index in [1.807, 2.05) is 0 Å². The topological polar surface area (TPSA) is 0 Å². The van der Waals surface area contributed by atoms with Crippen molar-refractivity contribution in [1.29, 1.82) is 0 Å². The van der Waals surface area contributed by atoms with Crippen molar-refractivity contribution in [3.63, 3.8) is 0 Å². The average molecular weight is 543 g/mol. The fraction of sp³-hybridized carbons (Fsp3) is 0.667. The first kappa shape index (κ1) is 38.3. The number of hydrogen-bond donors (Lipinski definition) is 0. The molecule has 2 aromatic rings. The predicted octanol–water partition coefficient (Wildman–Crippen LogP) is 11.1. The summed E-state index contributed by atoms with van der Waals surface area (Å²) in [5.41, 5.74) is 3.30. The summed E-state index contributed by atoms with van der Waals surface area (Å²) in [6.07, 6.45) is 24.3. The molecule has 2 aromatic carbocycles. The Labute approximate surface area is 262 Å². The van der Waals surface area contributed by atoms with Crippen molar-refractivity contribution in [3.05, 3.63) is 60.7 Å². The van der Waals surface area contributed by atoms with Gasteiger partial charge >= 0.3 is 23.1 Å². The molecule has 0 saturated carbocycles. The molecule has 0 amide bonds. The summed E-state index contributed by atoms with van der Waals surface area (Å²) in [5.74, 6) is 0. The van der Waals surface area contributed by atoms with Gasteiger partial charge in [0, 0.05) is 12.3 Å². The van der Waals surface area contributed by atoms with Crippen LogP contribution >= 0.6 is 0 Å². The van der Waals surface area contributed by atoms with Gasteiger partial charge in [0.15, 0.2) is 0 Å². The fourth-order valence-corrected chi connectivity index (χ4v) is 7.16. The Morgan fingerprint density at radius 1 is 0.359 bits per heavy atom. The molecule has 0 fully saturated rings. The van der Waals surface area contributed by atoms with Gasteiger partial charge in [-0.2, -0.15) is 37.9 Å². The largest absolute Gasteiger partial charge is 2.00 e. The van der Waals surface area contributed by atoms with Crippen molar-refractivity contribution in [2.24, 2.45) is 0 Å². The molecule has 0 nitrogen and oxygen atoms in total. The zero-order valence-electron chi connectivity index (χ0n) is 27.4. The first-order valence-electron chi connectivity index (χ1n) is 17.1. The minimum Gasteiger partial charge on any atom is -0.210 e. The summed E-state index contributed by atoms with van der Waals surface area (Å²) in [6, 6.07) is 22.8. The van der Waals surface area contributed by atoms with Gasteiger partial charge in [-0.05, 0) is 0 Å². The summed E-state index contributed by atoms with van der Waals surface area (Å²) >= 11 is 0. The molecule has 0 radical (unpaired) electrons. The molecule has 0 aliphatic heterocycles. The first-order valence-corrected chi connectivity index (χ1v) is 17.1. The minimum absolute atomic E-state index is 0. The standard InChI is InChI=1S/2C18H32B.Mg/c2*1-4-7-15-19(16-8-5-2,17-9-6-3)18-13-11-10-12-14-18;/h2*10-14H,4-9,15-17H2,1-3H3;/q2*-1;+2. The quantitative estimate of drug-likeness (QED) is 0.146. The summed E-state index contributed by atoms with van der Waals surface area (Å²) in [6.45, 7) is 13.9. The predicted molar refractivity (Wildman–Crippen MR) is 188 cm³/mol. The number of unbranched alkanes of at least 4 members (excludes halogenated alkanes) is 6. The number of hydrogen-bond acceptors (Lipinski definition) is 0. The molecule has 0 spiro atoms. The van der Waals surface area contributed by atoms with Gasteiger partial charge in [0.05, 0.1) is 0 Å². The van der Waals surface area contributed by atoms with Gasteiger partial charge < -0.3 is 0 Å². The molecule has 0 aliphatic carbocycles. The molecular formula is C36H64B2Mg. The molecule has 0 aliphatic rings. The Bertz CT molecular complexity index is 666. The Balaban J connectivity index is 0.000000722. The summed E-state index contributed by atoms with van der Waals surface area (Å²) in [7, 11) is 0. The van der Waals surface area contributed by atoms with Crippen molar-refractivity contribution < 1.29 is 0 Å². The van der Waals surface area contributed by atoms with Gasteiger partial charge in [-0.1, -0.05) is 179 Å². The second kappa shape index (κ2) is 24.0. The molecule has 0 aromatic heterocycles. The maximum Gasteiger partial charge on any atom is 2.00 e. The zero-order valence-corrected chi connectivity index (χ0v) is 28.8. The van der Waals surface area contributed by atoms with Crippen molar-refractivity contribution >= 4 is 46.3 Å². The summed E-state index contributed by atoms with van der Waals surface area (Å²) < 4.78 is 0. The van der Waals surface area contributed by atoms with Crippen molar-refractivity contribution in [3.8, 4) is 0 Å². The van der Waals surface area contributed by atoms with Crippen LogP contribution in [0, 0.1) is 0 Å². The van der Waals surface area contributed by atoms with Gasteiger partial charge in [0.25, 0.3) is 0 Å². The fourth-order valence-electron chi connectivity index (χ4n) is 7.16. The molecule has 39 heavy (non-hydrogen) atoms. The number of rotatable bonds is 20. The molecule has 0 N–H and O–H groups in total. The molecular weight excluding hydrogens is 478 g/mol. The summed E-state index contributed by atoms with van der Waals surface area (Å²) in [4.78, 5) is 0. The van der Waals surface area contributed by atoms with E-state index in [1.165, 1.54) is 115 Å². The molecule has 3 heteroatoms. The van der Waals surface area contributed by atoms with Crippen LogP contribution in [0.25, 0.3) is 0 Å². The van der Waals surface area contributed by atoms with E-state index >= 15 is 0 Å². The molecule has 0 saturated heterocycles. The van der Waals surface area contributed by atoms with Gasteiger partial charge in [-0.25, -0.2) is 10.9 Å². The molecule has 216 valence electrons. The Kier molecular flexibility index (Phi) is 23.6. The molecule has 0 atom stereocenters. The van der Waals surface area contributed by atoms with Crippen LogP contribution in [-0.4, -0.2) is 35.3 Å². The summed E-state index contributed by atoms with van der Waals surface area (Å²) in [5, 5.41) is 0. The smallest absolute Gasteiger partial charge is 0.210 e. The van der Waals surface area contributed by atoms with Gasteiger partial charge in [-0.15, -0.1) is 0 Å². The van der Waals surface area contributed by atoms with E-state index in [-0.39, 0.29) is 35.3 Å². The third kappa shape index (κ3) is 14.2. The Morgan fingerprint density at radius 3 is 0.744 bits per heavy atom. The van der Waals surface area contributed by atoms with Gasteiger partial charge in [0.2, 0.25) is 0 Å². The van der Waals surface area contributed by atoms with E-state index in [1.54, 1.807) is 10.9 Å². The average Bonchev–Trinajstić information content (AvgIpc) is 2.98. The van der Waals surface area contributed by atoms with E-state index in [2.05, 4.69) is 102 Å².